The van der Waals surface area contributed by atoms with E-state index < -0.39 is 0 Å². The molecule has 20 heavy (non-hydrogen) atoms. The van der Waals surface area contributed by atoms with Crippen LogP contribution in [0.25, 0.3) is 0 Å². The highest BCUT2D eigenvalue weighted by atomic mass is 79.9. The van der Waals surface area contributed by atoms with Crippen LogP contribution in [0.15, 0.2) is 46.9 Å². The van der Waals surface area contributed by atoms with Gasteiger partial charge in [-0.05, 0) is 30.2 Å². The van der Waals surface area contributed by atoms with Crippen LogP contribution in [-0.4, -0.2) is 17.4 Å². The number of carbonyl (C=O) groups excluding carboxylic acids is 1. The van der Waals surface area contributed by atoms with Crippen molar-refractivity contribution < 1.29 is 4.79 Å². The van der Waals surface area contributed by atoms with Gasteiger partial charge in [0.1, 0.15) is 0 Å². The third kappa shape index (κ3) is 2.31. The number of anilines is 1. The standard InChI is InChI=1S/C16H15BrN2O/c17-14-6-3-7-15(18)13(14)10-19-9-8-11-4-1-2-5-12(11)16(19)20/h1-7H,8-10,18H2. The third-order valence-electron chi connectivity index (χ3n) is 3.69. The molecule has 0 aromatic heterocycles. The Balaban J connectivity index is 1.89. The van der Waals surface area contributed by atoms with E-state index in [1.54, 1.807) is 0 Å². The predicted molar refractivity (Wildman–Crippen MR) is 83.4 cm³/mol. The van der Waals surface area contributed by atoms with Gasteiger partial charge in [-0.1, -0.05) is 40.2 Å². The van der Waals surface area contributed by atoms with Gasteiger partial charge in [0.2, 0.25) is 0 Å². The molecule has 0 spiro atoms. The molecule has 2 N–H and O–H groups in total. The van der Waals surface area contributed by atoms with Crippen molar-refractivity contribution in [1.29, 1.82) is 0 Å². The summed E-state index contributed by atoms with van der Waals surface area (Å²) in [4.78, 5) is 14.4. The Hall–Kier alpha value is -1.81. The fraction of sp³-hybridized carbons (Fsp3) is 0.188. The molecule has 1 aliphatic rings. The smallest absolute Gasteiger partial charge is 0.254 e. The molecule has 3 rings (SSSR count). The Morgan fingerprint density at radius 1 is 1.15 bits per heavy atom. The first-order valence-corrected chi connectivity index (χ1v) is 7.36. The van der Waals surface area contributed by atoms with E-state index in [0.29, 0.717) is 12.2 Å². The summed E-state index contributed by atoms with van der Waals surface area (Å²) < 4.78 is 0.948. The minimum absolute atomic E-state index is 0.0852. The van der Waals surface area contributed by atoms with Gasteiger partial charge in [-0.25, -0.2) is 0 Å². The van der Waals surface area contributed by atoms with Crippen LogP contribution in [0.2, 0.25) is 0 Å². The minimum atomic E-state index is 0.0852. The fourth-order valence-electron chi connectivity index (χ4n) is 2.56. The summed E-state index contributed by atoms with van der Waals surface area (Å²) in [5.41, 5.74) is 9.64. The molecule has 102 valence electrons. The average molecular weight is 331 g/mol. The third-order valence-corrected chi connectivity index (χ3v) is 4.43. The first kappa shape index (κ1) is 13.2. The van der Waals surface area contributed by atoms with Crippen LogP contribution in [0.5, 0.6) is 0 Å². The molecule has 0 atom stereocenters. The van der Waals surface area contributed by atoms with Crippen LogP contribution >= 0.6 is 15.9 Å². The number of hydrogen-bond donors (Lipinski definition) is 1. The number of fused-ring (bicyclic) bond motifs is 1. The van der Waals surface area contributed by atoms with E-state index >= 15 is 0 Å². The number of benzene rings is 2. The molecule has 0 unspecified atom stereocenters. The van der Waals surface area contributed by atoms with E-state index in [1.165, 1.54) is 0 Å². The number of nitrogens with two attached hydrogens (primary N) is 1. The van der Waals surface area contributed by atoms with Gasteiger partial charge in [0, 0.05) is 34.4 Å². The number of halogens is 1. The number of carbonyl (C=O) groups is 1. The summed E-state index contributed by atoms with van der Waals surface area (Å²) in [5.74, 6) is 0.0852. The van der Waals surface area contributed by atoms with E-state index in [1.807, 2.05) is 47.4 Å². The molecule has 0 saturated carbocycles. The van der Waals surface area contributed by atoms with Gasteiger partial charge in [0.15, 0.2) is 0 Å². The molecule has 2 aromatic carbocycles. The summed E-state index contributed by atoms with van der Waals surface area (Å²) in [6, 6.07) is 13.5. The lowest BCUT2D eigenvalue weighted by atomic mass is 9.98. The molecule has 0 bridgehead atoms. The van der Waals surface area contributed by atoms with Crippen LogP contribution in [0.4, 0.5) is 5.69 Å². The number of nitrogens with zero attached hydrogens (tertiary/aromatic N) is 1. The lowest BCUT2D eigenvalue weighted by Crippen LogP contribution is -2.37. The lowest BCUT2D eigenvalue weighted by molar-refractivity contribution is 0.0727. The van der Waals surface area contributed by atoms with Crippen molar-refractivity contribution in [1.82, 2.24) is 4.90 Å². The van der Waals surface area contributed by atoms with Crippen molar-refractivity contribution >= 4 is 27.5 Å². The molecule has 3 nitrogen and oxygen atoms in total. The Kier molecular flexibility index (Phi) is 3.49. The maximum atomic E-state index is 12.5. The van der Waals surface area contributed by atoms with E-state index in [4.69, 9.17) is 5.73 Å². The average Bonchev–Trinajstić information content (AvgIpc) is 2.45. The Morgan fingerprint density at radius 2 is 1.95 bits per heavy atom. The second kappa shape index (κ2) is 5.29. The second-order valence-electron chi connectivity index (χ2n) is 4.94. The maximum absolute atomic E-state index is 12.5. The van der Waals surface area contributed by atoms with Gasteiger partial charge in [0.25, 0.3) is 5.91 Å². The van der Waals surface area contributed by atoms with Gasteiger partial charge >= 0.3 is 0 Å². The van der Waals surface area contributed by atoms with Crippen LogP contribution in [0.1, 0.15) is 21.5 Å². The Bertz CT molecular complexity index is 649. The quantitative estimate of drug-likeness (QED) is 0.859. The van der Waals surface area contributed by atoms with Crippen LogP contribution in [-0.2, 0) is 13.0 Å². The van der Waals surface area contributed by atoms with Crippen LogP contribution in [0, 0.1) is 0 Å². The number of amides is 1. The van der Waals surface area contributed by atoms with Gasteiger partial charge in [0.05, 0.1) is 0 Å². The Morgan fingerprint density at radius 3 is 2.75 bits per heavy atom. The maximum Gasteiger partial charge on any atom is 0.254 e. The lowest BCUT2D eigenvalue weighted by Gasteiger charge is -2.29. The first-order chi connectivity index (χ1) is 9.66. The minimum Gasteiger partial charge on any atom is -0.398 e. The molecule has 1 aliphatic heterocycles. The number of nitrogen functional groups attached to an aromatic ring is 1. The van der Waals surface area contributed by atoms with E-state index in [-0.39, 0.29) is 5.91 Å². The summed E-state index contributed by atoms with van der Waals surface area (Å²) in [6.07, 6.45) is 0.895. The predicted octanol–water partition coefficient (Wildman–Crippen LogP) is 3.23. The topological polar surface area (TPSA) is 46.3 Å². The zero-order chi connectivity index (χ0) is 14.1. The second-order valence-corrected chi connectivity index (χ2v) is 5.80. The van der Waals surface area contributed by atoms with Crippen molar-refractivity contribution in [2.45, 2.75) is 13.0 Å². The van der Waals surface area contributed by atoms with Crippen molar-refractivity contribution in [3.8, 4) is 0 Å². The Labute approximate surface area is 126 Å². The monoisotopic (exact) mass is 330 g/mol. The highest BCUT2D eigenvalue weighted by molar-refractivity contribution is 9.10. The number of rotatable bonds is 2. The van der Waals surface area contributed by atoms with E-state index in [0.717, 1.165) is 34.1 Å². The summed E-state index contributed by atoms with van der Waals surface area (Å²) in [7, 11) is 0. The van der Waals surface area contributed by atoms with Crippen molar-refractivity contribution in [2.75, 3.05) is 12.3 Å². The largest absolute Gasteiger partial charge is 0.398 e. The molecule has 2 aromatic rings. The fourth-order valence-corrected chi connectivity index (χ4v) is 3.07. The molecule has 0 radical (unpaired) electrons. The summed E-state index contributed by atoms with van der Waals surface area (Å²) >= 11 is 3.51. The molecular formula is C16H15BrN2O. The molecule has 0 aliphatic carbocycles. The number of hydrogen-bond acceptors (Lipinski definition) is 2. The van der Waals surface area contributed by atoms with Crippen LogP contribution < -0.4 is 5.73 Å². The molecular weight excluding hydrogens is 316 g/mol. The van der Waals surface area contributed by atoms with Crippen molar-refractivity contribution in [3.63, 3.8) is 0 Å². The van der Waals surface area contributed by atoms with E-state index in [9.17, 15) is 4.79 Å². The first-order valence-electron chi connectivity index (χ1n) is 6.57. The molecule has 1 amide bonds. The molecule has 4 heteroatoms. The molecule has 1 heterocycles. The van der Waals surface area contributed by atoms with Gasteiger partial charge < -0.3 is 10.6 Å². The van der Waals surface area contributed by atoms with Crippen LogP contribution in [0.3, 0.4) is 0 Å². The highest BCUT2D eigenvalue weighted by Gasteiger charge is 2.24. The summed E-state index contributed by atoms with van der Waals surface area (Å²) in [5, 5.41) is 0. The highest BCUT2D eigenvalue weighted by Crippen LogP contribution is 2.27. The zero-order valence-electron chi connectivity index (χ0n) is 11.0. The van der Waals surface area contributed by atoms with Gasteiger partial charge in [-0.2, -0.15) is 0 Å². The molecule has 0 fully saturated rings. The molecule has 0 saturated heterocycles. The van der Waals surface area contributed by atoms with Gasteiger partial charge in [-0.15, -0.1) is 0 Å². The zero-order valence-corrected chi connectivity index (χ0v) is 12.6. The van der Waals surface area contributed by atoms with Crippen molar-refractivity contribution in [3.05, 3.63) is 63.6 Å². The summed E-state index contributed by atoms with van der Waals surface area (Å²) in [6.45, 7) is 1.27. The van der Waals surface area contributed by atoms with E-state index in [2.05, 4.69) is 15.9 Å². The van der Waals surface area contributed by atoms with Gasteiger partial charge in [-0.3, -0.25) is 4.79 Å². The van der Waals surface area contributed by atoms with Crippen molar-refractivity contribution in [2.24, 2.45) is 0 Å². The normalized spacial score (nSPS) is 14.2. The SMILES string of the molecule is Nc1cccc(Br)c1CN1CCc2ccccc2C1=O.